The molecule has 0 spiro atoms. The van der Waals surface area contributed by atoms with Crippen molar-refractivity contribution in [2.24, 2.45) is 0 Å². The molecular formula is C13H14N6S. The topological polar surface area (TPSA) is 82.1 Å². The van der Waals surface area contributed by atoms with Gasteiger partial charge in [-0.1, -0.05) is 17.4 Å². The number of nitrogens with zero attached hydrogens (tertiary/aromatic N) is 5. The summed E-state index contributed by atoms with van der Waals surface area (Å²) in [5, 5.41) is 9.56. The first-order chi connectivity index (χ1) is 9.78. The highest BCUT2D eigenvalue weighted by molar-refractivity contribution is 7.16. The molecule has 102 valence electrons. The molecule has 3 heterocycles. The van der Waals surface area contributed by atoms with Gasteiger partial charge in [0.2, 0.25) is 0 Å². The molecule has 1 fully saturated rings. The van der Waals surface area contributed by atoms with Gasteiger partial charge in [0, 0.05) is 32.4 Å². The van der Waals surface area contributed by atoms with Crippen molar-refractivity contribution in [3.63, 3.8) is 0 Å². The summed E-state index contributed by atoms with van der Waals surface area (Å²) in [6.45, 7) is 3.35. The second-order valence-electron chi connectivity index (χ2n) is 4.48. The zero-order chi connectivity index (χ0) is 13.9. The van der Waals surface area contributed by atoms with E-state index in [1.54, 1.807) is 6.20 Å². The summed E-state index contributed by atoms with van der Waals surface area (Å²) in [4.78, 5) is 13.6. The summed E-state index contributed by atoms with van der Waals surface area (Å²) in [6, 6.07) is 8.08. The first-order valence-electron chi connectivity index (χ1n) is 6.35. The third-order valence-corrected chi connectivity index (χ3v) is 4.06. The van der Waals surface area contributed by atoms with Crippen molar-refractivity contribution >= 4 is 28.1 Å². The first kappa shape index (κ1) is 12.7. The van der Waals surface area contributed by atoms with Crippen molar-refractivity contribution in [2.45, 2.75) is 0 Å². The molecule has 1 saturated heterocycles. The summed E-state index contributed by atoms with van der Waals surface area (Å²) < 4.78 is 0. The van der Waals surface area contributed by atoms with Crippen LogP contribution in [0.3, 0.4) is 0 Å². The molecule has 2 N–H and O–H groups in total. The van der Waals surface area contributed by atoms with Crippen LogP contribution < -0.4 is 15.5 Å². The number of pyridine rings is 1. The number of aromatic nitrogens is 2. The van der Waals surface area contributed by atoms with E-state index >= 15 is 0 Å². The Morgan fingerprint density at radius 3 is 2.60 bits per heavy atom. The summed E-state index contributed by atoms with van der Waals surface area (Å²) in [7, 11) is 0. The number of anilines is 3. The van der Waals surface area contributed by atoms with Crippen LogP contribution in [0.15, 0.2) is 24.4 Å². The van der Waals surface area contributed by atoms with Crippen LogP contribution in [-0.2, 0) is 0 Å². The lowest BCUT2D eigenvalue weighted by Crippen LogP contribution is -2.47. The Balaban J connectivity index is 1.71. The molecule has 2 aromatic rings. The van der Waals surface area contributed by atoms with E-state index in [9.17, 15) is 0 Å². The van der Waals surface area contributed by atoms with Gasteiger partial charge in [-0.05, 0) is 12.1 Å². The van der Waals surface area contributed by atoms with Gasteiger partial charge < -0.3 is 15.5 Å². The van der Waals surface area contributed by atoms with Gasteiger partial charge in [0.05, 0.1) is 0 Å². The maximum atomic E-state index is 9.11. The van der Waals surface area contributed by atoms with Crippen LogP contribution in [0.25, 0.3) is 0 Å². The predicted molar refractivity (Wildman–Crippen MR) is 79.9 cm³/mol. The van der Waals surface area contributed by atoms with Crippen LogP contribution in [0.2, 0.25) is 0 Å². The van der Waals surface area contributed by atoms with Crippen molar-refractivity contribution in [3.8, 4) is 6.07 Å². The van der Waals surface area contributed by atoms with E-state index in [1.807, 2.05) is 18.2 Å². The fourth-order valence-corrected chi connectivity index (χ4v) is 2.96. The largest absolute Gasteiger partial charge is 0.375 e. The monoisotopic (exact) mass is 286 g/mol. The minimum atomic E-state index is 0.448. The van der Waals surface area contributed by atoms with E-state index < -0.39 is 0 Å². The van der Waals surface area contributed by atoms with Gasteiger partial charge in [-0.2, -0.15) is 5.26 Å². The Morgan fingerprint density at radius 2 is 1.95 bits per heavy atom. The second kappa shape index (κ2) is 5.35. The third kappa shape index (κ3) is 2.38. The number of nitrogens with two attached hydrogens (primary N) is 1. The summed E-state index contributed by atoms with van der Waals surface area (Å²) in [5.41, 5.74) is 5.69. The van der Waals surface area contributed by atoms with E-state index in [0.717, 1.165) is 37.8 Å². The van der Waals surface area contributed by atoms with E-state index in [2.05, 4.69) is 25.8 Å². The SMILES string of the molecule is N#Cc1sc(N)nc1N1CCN(c2ccccn2)CC1. The number of nitrogen functional groups attached to an aromatic ring is 1. The molecule has 7 heteroatoms. The highest BCUT2D eigenvalue weighted by Gasteiger charge is 2.22. The summed E-state index contributed by atoms with van der Waals surface area (Å²) in [5.74, 6) is 1.71. The number of thiazole rings is 1. The molecule has 2 aromatic heterocycles. The molecule has 0 unspecified atom stereocenters. The van der Waals surface area contributed by atoms with Crippen LogP contribution in [0.5, 0.6) is 0 Å². The van der Waals surface area contributed by atoms with Crippen molar-refractivity contribution in [3.05, 3.63) is 29.3 Å². The Hall–Kier alpha value is -2.33. The Labute approximate surface area is 121 Å². The van der Waals surface area contributed by atoms with Crippen LogP contribution >= 0.6 is 11.3 Å². The lowest BCUT2D eigenvalue weighted by atomic mass is 10.3. The highest BCUT2D eigenvalue weighted by Crippen LogP contribution is 2.28. The standard InChI is InChI=1S/C13H14N6S/c14-9-10-12(17-13(15)20-10)19-7-5-18(6-8-19)11-3-1-2-4-16-11/h1-4H,5-8H2,(H2,15,17). The second-order valence-corrected chi connectivity index (χ2v) is 5.51. The van der Waals surface area contributed by atoms with Crippen molar-refractivity contribution in [1.82, 2.24) is 9.97 Å². The fourth-order valence-electron chi connectivity index (χ4n) is 2.30. The Kier molecular flexibility index (Phi) is 3.39. The normalized spacial score (nSPS) is 15.2. The molecular weight excluding hydrogens is 272 g/mol. The molecule has 0 atom stereocenters. The van der Waals surface area contributed by atoms with Crippen LogP contribution in [0.4, 0.5) is 16.8 Å². The van der Waals surface area contributed by atoms with Crippen LogP contribution in [0, 0.1) is 11.3 Å². The van der Waals surface area contributed by atoms with Gasteiger partial charge in [0.15, 0.2) is 15.8 Å². The quantitative estimate of drug-likeness (QED) is 0.896. The minimum absolute atomic E-state index is 0.448. The Bertz CT molecular complexity index is 624. The van der Waals surface area contributed by atoms with Crippen LogP contribution in [-0.4, -0.2) is 36.1 Å². The predicted octanol–water partition coefficient (Wildman–Crippen LogP) is 1.32. The lowest BCUT2D eigenvalue weighted by Gasteiger charge is -2.35. The third-order valence-electron chi connectivity index (χ3n) is 3.28. The fraction of sp³-hybridized carbons (Fsp3) is 0.308. The molecule has 6 nitrogen and oxygen atoms in total. The van der Waals surface area contributed by atoms with Crippen LogP contribution in [0.1, 0.15) is 4.88 Å². The van der Waals surface area contributed by atoms with Gasteiger partial charge in [-0.15, -0.1) is 0 Å². The number of nitriles is 1. The molecule has 0 radical (unpaired) electrons. The summed E-state index contributed by atoms with van der Waals surface area (Å²) in [6.07, 6.45) is 1.80. The molecule has 0 aromatic carbocycles. The maximum Gasteiger partial charge on any atom is 0.183 e. The minimum Gasteiger partial charge on any atom is -0.375 e. The van der Waals surface area contributed by atoms with Crippen molar-refractivity contribution in [2.75, 3.05) is 41.7 Å². The molecule has 1 aliphatic rings. The number of hydrogen-bond acceptors (Lipinski definition) is 7. The molecule has 0 saturated carbocycles. The maximum absolute atomic E-state index is 9.11. The molecule has 1 aliphatic heterocycles. The Morgan fingerprint density at radius 1 is 1.20 bits per heavy atom. The molecule has 0 bridgehead atoms. The van der Waals surface area contributed by atoms with Gasteiger partial charge in [0.1, 0.15) is 11.9 Å². The average Bonchev–Trinajstić information content (AvgIpc) is 2.89. The zero-order valence-electron chi connectivity index (χ0n) is 10.9. The zero-order valence-corrected chi connectivity index (χ0v) is 11.7. The molecule has 20 heavy (non-hydrogen) atoms. The van der Waals surface area contributed by atoms with Gasteiger partial charge in [-0.3, -0.25) is 0 Å². The van der Waals surface area contributed by atoms with E-state index in [1.165, 1.54) is 11.3 Å². The van der Waals surface area contributed by atoms with Gasteiger partial charge >= 0.3 is 0 Å². The number of rotatable bonds is 2. The summed E-state index contributed by atoms with van der Waals surface area (Å²) >= 11 is 1.24. The number of piperazine rings is 1. The first-order valence-corrected chi connectivity index (χ1v) is 7.17. The van der Waals surface area contributed by atoms with E-state index in [-0.39, 0.29) is 0 Å². The molecule has 0 amide bonds. The van der Waals surface area contributed by atoms with Crippen molar-refractivity contribution < 1.29 is 0 Å². The van der Waals surface area contributed by atoms with Gasteiger partial charge in [-0.25, -0.2) is 9.97 Å². The van der Waals surface area contributed by atoms with Gasteiger partial charge in [0.25, 0.3) is 0 Å². The average molecular weight is 286 g/mol. The lowest BCUT2D eigenvalue weighted by molar-refractivity contribution is 0.643. The highest BCUT2D eigenvalue weighted by atomic mass is 32.1. The van der Waals surface area contributed by atoms with E-state index in [4.69, 9.17) is 11.0 Å². The molecule has 0 aliphatic carbocycles. The number of hydrogen-bond donors (Lipinski definition) is 1. The van der Waals surface area contributed by atoms with Crippen molar-refractivity contribution in [1.29, 1.82) is 5.26 Å². The van der Waals surface area contributed by atoms with E-state index in [0.29, 0.717) is 10.0 Å². The molecule has 3 rings (SSSR count). The smallest absolute Gasteiger partial charge is 0.183 e.